The van der Waals surface area contributed by atoms with Gasteiger partial charge in [0.15, 0.2) is 0 Å². The minimum Gasteiger partial charge on any atom is -0.465 e. The molecule has 1 heterocycles. The van der Waals surface area contributed by atoms with Crippen LogP contribution in [0, 0.1) is 11.8 Å². The number of hydrogen-bond donors (Lipinski definition) is 1. The van der Waals surface area contributed by atoms with Crippen molar-refractivity contribution in [3.8, 4) is 11.1 Å². The van der Waals surface area contributed by atoms with E-state index in [4.69, 9.17) is 27.9 Å². The number of alkyl halides is 2. The van der Waals surface area contributed by atoms with Gasteiger partial charge in [-0.05, 0) is 66.1 Å². The fourth-order valence-corrected chi connectivity index (χ4v) is 5.87. The Bertz CT molecular complexity index is 1030. The summed E-state index contributed by atoms with van der Waals surface area (Å²) in [4.78, 5) is 24.3. The number of ether oxygens (including phenoxy) is 1. The molecule has 1 unspecified atom stereocenters. The van der Waals surface area contributed by atoms with Crippen LogP contribution in [0.25, 0.3) is 11.1 Å². The van der Waals surface area contributed by atoms with Gasteiger partial charge in [-0.2, -0.15) is 0 Å². The predicted octanol–water partition coefficient (Wildman–Crippen LogP) is 6.49. The van der Waals surface area contributed by atoms with Crippen LogP contribution in [-0.4, -0.2) is 31.5 Å². The van der Waals surface area contributed by atoms with Gasteiger partial charge in [0.1, 0.15) is 0 Å². The Balaban J connectivity index is 1.69. The number of carbonyl (C=O) groups excluding carboxylic acids is 2. The standard InChI is InChI=1S/C25H25Cl2F2NO3/c1-33-24(32)16-4-2-14(3-5-16)17-12-19(26)22(20(27)13-17)21(18-8-11-30-23(18)31)15-6-9-25(28,29)10-7-15/h2-5,12-13,15,18,21H,6-11H2,1H3,(H,30,31)/t18-,21?/m1/s1. The van der Waals surface area contributed by atoms with E-state index in [1.807, 2.05) is 0 Å². The number of nitrogens with one attached hydrogen (secondary N) is 1. The first-order valence-corrected chi connectivity index (χ1v) is 11.8. The topological polar surface area (TPSA) is 55.4 Å². The third-order valence-electron chi connectivity index (χ3n) is 6.85. The van der Waals surface area contributed by atoms with Gasteiger partial charge in [0.25, 0.3) is 0 Å². The molecular formula is C25H25Cl2F2NO3. The van der Waals surface area contributed by atoms with Crippen LogP contribution in [0.15, 0.2) is 36.4 Å². The Labute approximate surface area is 201 Å². The van der Waals surface area contributed by atoms with E-state index in [1.165, 1.54) is 7.11 Å². The minimum absolute atomic E-state index is 0.0769. The molecule has 2 fully saturated rings. The summed E-state index contributed by atoms with van der Waals surface area (Å²) in [5.74, 6) is -3.93. The molecule has 4 nitrogen and oxygen atoms in total. The van der Waals surface area contributed by atoms with Crippen molar-refractivity contribution >= 4 is 35.1 Å². The SMILES string of the molecule is COC(=O)c1ccc(-c2cc(Cl)c(C(C3CCC(F)(F)CC3)[C@H]3CCNC3=O)c(Cl)c2)cc1. The first kappa shape index (κ1) is 24.0. The van der Waals surface area contributed by atoms with E-state index in [-0.39, 0.29) is 36.5 Å². The van der Waals surface area contributed by atoms with Crippen molar-refractivity contribution in [2.75, 3.05) is 13.7 Å². The summed E-state index contributed by atoms with van der Waals surface area (Å²) in [6.07, 6.45) is 0.889. The molecule has 0 spiro atoms. The van der Waals surface area contributed by atoms with Crippen molar-refractivity contribution < 1.29 is 23.1 Å². The molecule has 1 aliphatic carbocycles. The summed E-state index contributed by atoms with van der Waals surface area (Å²) >= 11 is 13.5. The number of methoxy groups -OCH3 is 1. The summed E-state index contributed by atoms with van der Waals surface area (Å²) in [6, 6.07) is 10.4. The molecule has 1 N–H and O–H groups in total. The summed E-state index contributed by atoms with van der Waals surface area (Å²) in [5, 5.41) is 3.69. The summed E-state index contributed by atoms with van der Waals surface area (Å²) in [6.45, 7) is 0.558. The van der Waals surface area contributed by atoms with Gasteiger partial charge in [-0.1, -0.05) is 35.3 Å². The van der Waals surface area contributed by atoms with E-state index in [9.17, 15) is 18.4 Å². The highest BCUT2D eigenvalue weighted by molar-refractivity contribution is 6.36. The van der Waals surface area contributed by atoms with E-state index in [0.29, 0.717) is 47.0 Å². The second-order valence-corrected chi connectivity index (χ2v) is 9.64. The van der Waals surface area contributed by atoms with Crippen LogP contribution in [-0.2, 0) is 9.53 Å². The van der Waals surface area contributed by atoms with Gasteiger partial charge in [0, 0.05) is 41.3 Å². The number of halogens is 4. The molecule has 0 bridgehead atoms. The van der Waals surface area contributed by atoms with Crippen LogP contribution in [0.3, 0.4) is 0 Å². The Hall–Kier alpha value is -2.18. The lowest BCUT2D eigenvalue weighted by Crippen LogP contribution is -2.33. The molecule has 33 heavy (non-hydrogen) atoms. The van der Waals surface area contributed by atoms with Crippen molar-refractivity contribution in [2.45, 2.75) is 43.9 Å². The Morgan fingerprint density at radius 1 is 1.06 bits per heavy atom. The fraction of sp³-hybridized carbons (Fsp3) is 0.440. The quantitative estimate of drug-likeness (QED) is 0.482. The van der Waals surface area contributed by atoms with E-state index >= 15 is 0 Å². The molecule has 2 atom stereocenters. The molecule has 1 saturated heterocycles. The van der Waals surface area contributed by atoms with Crippen molar-refractivity contribution in [1.82, 2.24) is 5.32 Å². The van der Waals surface area contributed by atoms with Crippen LogP contribution >= 0.6 is 23.2 Å². The second kappa shape index (κ2) is 9.59. The lowest BCUT2D eigenvalue weighted by molar-refractivity contribution is -0.123. The molecule has 8 heteroatoms. The normalized spacial score (nSPS) is 21.5. The molecule has 2 aromatic carbocycles. The summed E-state index contributed by atoms with van der Waals surface area (Å²) in [5.41, 5.74) is 2.66. The van der Waals surface area contributed by atoms with E-state index in [2.05, 4.69) is 5.32 Å². The highest BCUT2D eigenvalue weighted by Crippen LogP contribution is 2.50. The van der Waals surface area contributed by atoms with Crippen LogP contribution < -0.4 is 5.32 Å². The number of rotatable bonds is 5. The zero-order valence-electron chi connectivity index (χ0n) is 18.2. The van der Waals surface area contributed by atoms with Gasteiger partial charge in [0.05, 0.1) is 12.7 Å². The van der Waals surface area contributed by atoms with Crippen LogP contribution in [0.1, 0.15) is 53.9 Å². The van der Waals surface area contributed by atoms with Crippen LogP contribution in [0.2, 0.25) is 10.0 Å². The molecule has 0 aromatic heterocycles. The Morgan fingerprint density at radius 2 is 1.67 bits per heavy atom. The average molecular weight is 496 g/mol. The third kappa shape index (κ3) is 5.02. The first-order valence-electron chi connectivity index (χ1n) is 11.0. The van der Waals surface area contributed by atoms with Gasteiger partial charge in [-0.3, -0.25) is 4.79 Å². The molecule has 4 rings (SSSR count). The smallest absolute Gasteiger partial charge is 0.337 e. The molecule has 2 aliphatic rings. The molecular weight excluding hydrogens is 471 g/mol. The number of amides is 1. The lowest BCUT2D eigenvalue weighted by atomic mass is 9.69. The average Bonchev–Trinajstić information content (AvgIpc) is 3.21. The summed E-state index contributed by atoms with van der Waals surface area (Å²) < 4.78 is 32.4. The number of carbonyl (C=O) groups is 2. The van der Waals surface area contributed by atoms with Gasteiger partial charge in [-0.25, -0.2) is 13.6 Å². The highest BCUT2D eigenvalue weighted by atomic mass is 35.5. The van der Waals surface area contributed by atoms with Gasteiger partial charge >= 0.3 is 5.97 Å². The fourth-order valence-electron chi connectivity index (χ4n) is 5.13. The first-order chi connectivity index (χ1) is 15.7. The molecule has 1 saturated carbocycles. The monoisotopic (exact) mass is 495 g/mol. The maximum Gasteiger partial charge on any atom is 0.337 e. The van der Waals surface area contributed by atoms with Crippen LogP contribution in [0.4, 0.5) is 8.78 Å². The number of benzene rings is 2. The van der Waals surface area contributed by atoms with Gasteiger partial charge in [-0.15, -0.1) is 0 Å². The third-order valence-corrected chi connectivity index (χ3v) is 7.47. The van der Waals surface area contributed by atoms with E-state index in [1.54, 1.807) is 36.4 Å². The number of esters is 1. The van der Waals surface area contributed by atoms with E-state index < -0.39 is 11.9 Å². The molecule has 1 amide bonds. The Kier molecular flexibility index (Phi) is 6.96. The Morgan fingerprint density at radius 3 is 2.18 bits per heavy atom. The lowest BCUT2D eigenvalue weighted by Gasteiger charge is -2.37. The van der Waals surface area contributed by atoms with Crippen LogP contribution in [0.5, 0.6) is 0 Å². The summed E-state index contributed by atoms with van der Waals surface area (Å²) in [7, 11) is 1.32. The maximum atomic E-state index is 13.8. The second-order valence-electron chi connectivity index (χ2n) is 8.83. The van der Waals surface area contributed by atoms with Crippen molar-refractivity contribution in [3.05, 3.63) is 57.6 Å². The highest BCUT2D eigenvalue weighted by Gasteiger charge is 2.44. The zero-order chi connectivity index (χ0) is 23.8. The van der Waals surface area contributed by atoms with Crippen molar-refractivity contribution in [1.29, 1.82) is 0 Å². The minimum atomic E-state index is -2.66. The maximum absolute atomic E-state index is 13.8. The molecule has 176 valence electrons. The van der Waals surface area contributed by atoms with E-state index in [0.717, 1.165) is 11.1 Å². The predicted molar refractivity (Wildman–Crippen MR) is 124 cm³/mol. The zero-order valence-corrected chi connectivity index (χ0v) is 19.7. The van der Waals surface area contributed by atoms with Crippen molar-refractivity contribution in [2.24, 2.45) is 11.8 Å². The molecule has 2 aromatic rings. The molecule has 1 aliphatic heterocycles. The number of hydrogen-bond acceptors (Lipinski definition) is 3. The van der Waals surface area contributed by atoms with Gasteiger partial charge in [0.2, 0.25) is 11.8 Å². The largest absolute Gasteiger partial charge is 0.465 e. The van der Waals surface area contributed by atoms with Crippen molar-refractivity contribution in [3.63, 3.8) is 0 Å². The molecule has 0 radical (unpaired) electrons. The van der Waals surface area contributed by atoms with Gasteiger partial charge < -0.3 is 10.1 Å².